The molecule has 0 radical (unpaired) electrons. The molecule has 4 aromatic rings. The highest BCUT2D eigenvalue weighted by Gasteiger charge is 2.18. The monoisotopic (exact) mass is 612 g/mol. The predicted octanol–water partition coefficient (Wildman–Crippen LogP) is 6.11. The number of carbonyl (C=O) groups is 1. The summed E-state index contributed by atoms with van der Waals surface area (Å²) in [6.07, 6.45) is 9.52. The highest BCUT2D eigenvalue weighted by Crippen LogP contribution is 2.40. The summed E-state index contributed by atoms with van der Waals surface area (Å²) in [7, 11) is 4.60. The number of halogens is 2. The summed E-state index contributed by atoms with van der Waals surface area (Å²) >= 11 is 0. The van der Waals surface area contributed by atoms with E-state index in [-0.39, 0.29) is 0 Å². The van der Waals surface area contributed by atoms with E-state index in [2.05, 4.69) is 15.6 Å². The van der Waals surface area contributed by atoms with E-state index in [1.165, 1.54) is 27.4 Å². The number of benzene rings is 3. The zero-order valence-corrected chi connectivity index (χ0v) is 24.8. The number of allylic oxidation sites excluding steroid dienone is 2. The summed E-state index contributed by atoms with van der Waals surface area (Å²) in [4.78, 5) is 21.8. The fraction of sp³-hybridized carbons (Fsp3) is 0.152. The van der Waals surface area contributed by atoms with Crippen LogP contribution < -0.4 is 24.8 Å². The van der Waals surface area contributed by atoms with Gasteiger partial charge in [-0.2, -0.15) is 5.10 Å². The van der Waals surface area contributed by atoms with Crippen molar-refractivity contribution in [3.8, 4) is 17.2 Å². The normalized spacial score (nSPS) is 12.6. The molecule has 0 bridgehead atoms. The van der Waals surface area contributed by atoms with Crippen LogP contribution in [-0.4, -0.2) is 54.5 Å². The zero-order valence-electron chi connectivity index (χ0n) is 24.8. The number of nitrogens with one attached hydrogen (secondary N) is 2. The van der Waals surface area contributed by atoms with Crippen molar-refractivity contribution in [2.75, 3.05) is 38.5 Å². The van der Waals surface area contributed by atoms with E-state index in [1.807, 2.05) is 30.5 Å². The van der Waals surface area contributed by atoms with E-state index >= 15 is 0 Å². The lowest BCUT2D eigenvalue weighted by molar-refractivity contribution is 0.101. The second kappa shape index (κ2) is 14.1. The number of anilines is 3. The number of hydrogen-bond donors (Lipinski definition) is 2. The van der Waals surface area contributed by atoms with Crippen LogP contribution in [0.25, 0.3) is 0 Å². The Morgan fingerprint density at radius 3 is 2.33 bits per heavy atom. The molecule has 3 aromatic carbocycles. The topological polar surface area (TPSA) is 110 Å². The molecule has 1 amide bonds. The second-order valence-corrected chi connectivity index (χ2v) is 9.66. The largest absolute Gasteiger partial charge is 0.493 e. The van der Waals surface area contributed by atoms with Gasteiger partial charge >= 0.3 is 0 Å². The van der Waals surface area contributed by atoms with Crippen molar-refractivity contribution in [2.45, 2.75) is 6.42 Å². The summed E-state index contributed by atoms with van der Waals surface area (Å²) in [6.45, 7) is 0.556. The Bertz CT molecular complexity index is 1750. The summed E-state index contributed by atoms with van der Waals surface area (Å²) in [5.74, 6) is -1.07. The maximum Gasteiger partial charge on any atom is 0.261 e. The van der Waals surface area contributed by atoms with Crippen molar-refractivity contribution < 1.29 is 27.8 Å². The molecule has 5 rings (SSSR count). The minimum atomic E-state index is -0.949. The van der Waals surface area contributed by atoms with Crippen LogP contribution in [0.3, 0.4) is 0 Å². The van der Waals surface area contributed by atoms with Crippen molar-refractivity contribution in [3.05, 3.63) is 120 Å². The van der Waals surface area contributed by atoms with Crippen LogP contribution in [0.2, 0.25) is 0 Å². The van der Waals surface area contributed by atoms with E-state index < -0.39 is 23.1 Å². The third-order valence-corrected chi connectivity index (χ3v) is 6.67. The Morgan fingerprint density at radius 2 is 1.67 bits per heavy atom. The fourth-order valence-electron chi connectivity index (χ4n) is 4.58. The quantitative estimate of drug-likeness (QED) is 0.195. The second-order valence-electron chi connectivity index (χ2n) is 9.66. The first-order chi connectivity index (χ1) is 21.9. The van der Waals surface area contributed by atoms with E-state index in [9.17, 15) is 13.6 Å². The van der Waals surface area contributed by atoms with E-state index in [0.29, 0.717) is 64.5 Å². The lowest BCUT2D eigenvalue weighted by atomic mass is 10.0. The summed E-state index contributed by atoms with van der Waals surface area (Å²) < 4.78 is 44.7. The number of carbonyl (C=O) groups excluding carboxylic acids is 1. The van der Waals surface area contributed by atoms with E-state index in [0.717, 1.165) is 12.1 Å². The smallest absolute Gasteiger partial charge is 0.261 e. The van der Waals surface area contributed by atoms with Gasteiger partial charge in [0.1, 0.15) is 17.2 Å². The Kier molecular flexibility index (Phi) is 9.63. The van der Waals surface area contributed by atoms with Gasteiger partial charge in [0, 0.05) is 47.9 Å². The molecular formula is C33H30F2N6O4. The molecule has 1 aromatic heterocycles. The molecule has 0 saturated carbocycles. The third kappa shape index (κ3) is 7.42. The van der Waals surface area contributed by atoms with Crippen LogP contribution >= 0.6 is 0 Å². The maximum atomic E-state index is 14.2. The van der Waals surface area contributed by atoms with E-state index in [1.54, 1.807) is 47.6 Å². The van der Waals surface area contributed by atoms with Crippen molar-refractivity contribution in [3.63, 3.8) is 0 Å². The van der Waals surface area contributed by atoms with Gasteiger partial charge in [0.2, 0.25) is 11.7 Å². The average molecular weight is 613 g/mol. The number of methoxy groups -OCH3 is 3. The third-order valence-electron chi connectivity index (χ3n) is 6.67. The molecule has 0 aliphatic carbocycles. The van der Waals surface area contributed by atoms with Gasteiger partial charge in [0.25, 0.3) is 5.91 Å². The van der Waals surface area contributed by atoms with Gasteiger partial charge in [-0.15, -0.1) is 0 Å². The molecule has 0 unspecified atom stereocenters. The number of aromatic nitrogens is 2. The standard InChI is InChI=1S/C33H30F2N6O4/c1-43-28-19-24(20-29(44-2)31(28)45-3)39-33-36-14-13-23(38-33)18-27(40-41-15-5-4-6-16-41)21-9-7-10-22(17-21)37-32(42)30-25(34)11-8-12-26(30)35/h4-15,17,19-20H,16,18H2,1-3H3,(H,37,42)(H,36,38,39)/b40-27+. The minimum Gasteiger partial charge on any atom is -0.493 e. The number of rotatable bonds is 11. The Hall–Kier alpha value is -5.78. The number of ether oxygens (including phenoxy) is 3. The van der Waals surface area contributed by atoms with Gasteiger partial charge in [-0.25, -0.2) is 18.7 Å². The van der Waals surface area contributed by atoms with Gasteiger partial charge in [-0.3, -0.25) is 9.80 Å². The molecule has 230 valence electrons. The van der Waals surface area contributed by atoms with Crippen LogP contribution in [0.5, 0.6) is 17.2 Å². The Morgan fingerprint density at radius 1 is 0.933 bits per heavy atom. The number of hydrazone groups is 1. The molecule has 0 spiro atoms. The van der Waals surface area contributed by atoms with Crippen molar-refractivity contribution >= 4 is 28.9 Å². The highest BCUT2D eigenvalue weighted by atomic mass is 19.1. The van der Waals surface area contributed by atoms with Crippen molar-refractivity contribution in [1.29, 1.82) is 0 Å². The van der Waals surface area contributed by atoms with Crippen LogP contribution in [0.1, 0.15) is 21.6 Å². The molecule has 2 N–H and O–H groups in total. The van der Waals surface area contributed by atoms with Crippen LogP contribution in [0.4, 0.5) is 26.1 Å². The molecule has 1 aliphatic heterocycles. The predicted molar refractivity (Wildman–Crippen MR) is 167 cm³/mol. The molecule has 2 heterocycles. The van der Waals surface area contributed by atoms with Gasteiger partial charge in [-0.1, -0.05) is 30.4 Å². The van der Waals surface area contributed by atoms with Gasteiger partial charge < -0.3 is 24.8 Å². The Labute approximate surface area is 258 Å². The molecule has 1 aliphatic rings. The molecule has 10 nitrogen and oxygen atoms in total. The molecule has 45 heavy (non-hydrogen) atoms. The van der Waals surface area contributed by atoms with Crippen LogP contribution in [0.15, 0.2) is 96.4 Å². The lowest BCUT2D eigenvalue weighted by Gasteiger charge is -2.18. The molecule has 0 fully saturated rings. The van der Waals surface area contributed by atoms with Crippen LogP contribution in [0, 0.1) is 11.6 Å². The SMILES string of the molecule is COc1cc(Nc2nccc(C/C(=N\N3C=CC=CC3)c3cccc(NC(=O)c4c(F)cccc4F)c3)n2)cc(OC)c1OC. The molecule has 0 saturated heterocycles. The average Bonchev–Trinajstić information content (AvgIpc) is 3.04. The van der Waals surface area contributed by atoms with Crippen molar-refractivity contribution in [1.82, 2.24) is 15.0 Å². The molecule has 12 heteroatoms. The van der Waals surface area contributed by atoms with Gasteiger partial charge in [0.05, 0.1) is 39.3 Å². The summed E-state index contributed by atoms with van der Waals surface area (Å²) in [5, 5.41) is 12.4. The number of hydrogen-bond acceptors (Lipinski definition) is 9. The fourth-order valence-corrected chi connectivity index (χ4v) is 4.58. The highest BCUT2D eigenvalue weighted by molar-refractivity contribution is 6.06. The van der Waals surface area contributed by atoms with Crippen LogP contribution in [-0.2, 0) is 6.42 Å². The Balaban J connectivity index is 1.42. The zero-order chi connectivity index (χ0) is 31.8. The van der Waals surface area contributed by atoms with Gasteiger partial charge in [-0.05, 0) is 36.4 Å². The van der Waals surface area contributed by atoms with E-state index in [4.69, 9.17) is 24.3 Å². The molecule has 0 atom stereocenters. The number of nitrogens with zero attached hydrogens (tertiary/aromatic N) is 4. The van der Waals surface area contributed by atoms with Crippen molar-refractivity contribution in [2.24, 2.45) is 5.10 Å². The first kappa shape index (κ1) is 30.7. The first-order valence-electron chi connectivity index (χ1n) is 13.8. The lowest BCUT2D eigenvalue weighted by Crippen LogP contribution is -2.19. The first-order valence-corrected chi connectivity index (χ1v) is 13.8. The minimum absolute atomic E-state index is 0.292. The maximum absolute atomic E-state index is 14.2. The number of amides is 1. The summed E-state index contributed by atoms with van der Waals surface area (Å²) in [5.41, 5.74) is 2.25. The molecular weight excluding hydrogens is 582 g/mol. The van der Waals surface area contributed by atoms with Gasteiger partial charge in [0.15, 0.2) is 11.5 Å². The summed E-state index contributed by atoms with van der Waals surface area (Å²) in [6, 6.07) is 15.4.